The van der Waals surface area contributed by atoms with Crippen molar-refractivity contribution in [1.29, 1.82) is 0 Å². The number of nitrogens with one attached hydrogen (secondary N) is 2. The summed E-state index contributed by atoms with van der Waals surface area (Å²) in [6.45, 7) is 2.44. The number of H-pyrrole nitrogens is 1. The predicted molar refractivity (Wildman–Crippen MR) is 128 cm³/mol. The Morgan fingerprint density at radius 2 is 2.09 bits per heavy atom. The third-order valence-corrected chi connectivity index (χ3v) is 6.83. The Balaban J connectivity index is 1.46. The van der Waals surface area contributed by atoms with Gasteiger partial charge in [0.15, 0.2) is 0 Å². The molecule has 0 aliphatic heterocycles. The molecule has 3 aromatic heterocycles. The Morgan fingerprint density at radius 3 is 2.88 bits per heavy atom. The number of amides is 1. The van der Waals surface area contributed by atoms with Crippen molar-refractivity contribution < 1.29 is 9.53 Å². The van der Waals surface area contributed by atoms with E-state index in [-0.39, 0.29) is 11.9 Å². The topological polar surface area (TPSA) is 71.9 Å². The molecular weight excluding hydrogens is 400 g/mol. The highest BCUT2D eigenvalue weighted by Gasteiger charge is 2.22. The first kappa shape index (κ1) is 20.6. The number of aromatic nitrogens is 3. The van der Waals surface area contributed by atoms with Gasteiger partial charge in [0.05, 0.1) is 7.11 Å². The summed E-state index contributed by atoms with van der Waals surface area (Å²) < 4.78 is 7.50. The van der Waals surface area contributed by atoms with Gasteiger partial charge in [0.25, 0.3) is 0 Å². The molecule has 2 N–H and O–H groups in total. The molecule has 1 amide bonds. The van der Waals surface area contributed by atoms with Gasteiger partial charge in [0.2, 0.25) is 5.91 Å². The molecule has 1 fully saturated rings. The summed E-state index contributed by atoms with van der Waals surface area (Å²) in [5, 5.41) is 5.36. The second kappa shape index (κ2) is 8.69. The Morgan fingerprint density at radius 1 is 1.25 bits per heavy atom. The number of carbonyl (C=O) groups excluding carboxylic acids is 1. The average molecular weight is 431 g/mol. The summed E-state index contributed by atoms with van der Waals surface area (Å²) in [6, 6.07) is 12.3. The smallest absolute Gasteiger partial charge is 0.240 e. The van der Waals surface area contributed by atoms with Crippen molar-refractivity contribution >= 4 is 27.8 Å². The summed E-state index contributed by atoms with van der Waals surface area (Å²) in [5.74, 6) is 1.44. The van der Waals surface area contributed by atoms with Crippen LogP contribution < -0.4 is 10.1 Å². The molecule has 0 radical (unpaired) electrons. The van der Waals surface area contributed by atoms with E-state index in [0.29, 0.717) is 12.5 Å². The lowest BCUT2D eigenvalue weighted by atomic mass is 9.84. The van der Waals surface area contributed by atoms with Gasteiger partial charge >= 0.3 is 0 Å². The zero-order valence-corrected chi connectivity index (χ0v) is 18.7. The number of rotatable bonds is 6. The van der Waals surface area contributed by atoms with Gasteiger partial charge in [-0.3, -0.25) is 4.79 Å². The van der Waals surface area contributed by atoms with E-state index in [9.17, 15) is 4.79 Å². The Kier molecular flexibility index (Phi) is 5.60. The molecule has 1 unspecified atom stereocenters. The van der Waals surface area contributed by atoms with Crippen LogP contribution in [0.15, 0.2) is 48.8 Å². The molecule has 6 heteroatoms. The highest BCUT2D eigenvalue weighted by Crippen LogP contribution is 2.34. The van der Waals surface area contributed by atoms with Crippen LogP contribution in [0.2, 0.25) is 0 Å². The third kappa shape index (κ3) is 3.97. The van der Waals surface area contributed by atoms with Gasteiger partial charge in [-0.25, -0.2) is 4.98 Å². The van der Waals surface area contributed by atoms with E-state index >= 15 is 0 Å². The first-order valence-electron chi connectivity index (χ1n) is 11.5. The van der Waals surface area contributed by atoms with E-state index < -0.39 is 0 Å². The molecule has 166 valence electrons. The normalized spacial score (nSPS) is 15.8. The Bertz CT molecular complexity index is 1220. The minimum Gasteiger partial charge on any atom is -0.497 e. The van der Waals surface area contributed by atoms with Crippen LogP contribution in [0.1, 0.15) is 39.0 Å². The fourth-order valence-electron chi connectivity index (χ4n) is 5.06. The van der Waals surface area contributed by atoms with Crippen LogP contribution in [0.4, 0.5) is 0 Å². The van der Waals surface area contributed by atoms with E-state index in [1.807, 2.05) is 34.9 Å². The molecule has 1 aliphatic rings. The number of benzene rings is 1. The molecule has 5 rings (SSSR count). The monoisotopic (exact) mass is 430 g/mol. The van der Waals surface area contributed by atoms with Gasteiger partial charge in [-0.1, -0.05) is 19.3 Å². The lowest BCUT2D eigenvalue weighted by molar-refractivity contribution is -0.122. The third-order valence-electron chi connectivity index (χ3n) is 6.83. The van der Waals surface area contributed by atoms with E-state index in [1.54, 1.807) is 13.3 Å². The molecule has 1 aromatic carbocycles. The van der Waals surface area contributed by atoms with Crippen LogP contribution in [-0.2, 0) is 11.3 Å². The van der Waals surface area contributed by atoms with Crippen LogP contribution in [0, 0.1) is 5.92 Å². The molecule has 1 atom stereocenters. The summed E-state index contributed by atoms with van der Waals surface area (Å²) >= 11 is 0. The molecule has 3 heterocycles. The van der Waals surface area contributed by atoms with Crippen LogP contribution in [-0.4, -0.2) is 33.6 Å². The van der Waals surface area contributed by atoms with Crippen LogP contribution in [0.3, 0.4) is 0 Å². The average Bonchev–Trinajstić information content (AvgIpc) is 3.40. The number of pyridine rings is 1. The maximum Gasteiger partial charge on any atom is 0.240 e. The van der Waals surface area contributed by atoms with Crippen molar-refractivity contribution in [2.45, 2.75) is 51.6 Å². The number of aromatic amines is 1. The number of methoxy groups -OCH3 is 1. The molecule has 0 saturated heterocycles. The number of nitrogens with zero attached hydrogens (tertiary/aromatic N) is 2. The molecule has 1 saturated carbocycles. The maximum atomic E-state index is 12.9. The van der Waals surface area contributed by atoms with Gasteiger partial charge in [0, 0.05) is 46.0 Å². The highest BCUT2D eigenvalue weighted by atomic mass is 16.5. The van der Waals surface area contributed by atoms with Crippen LogP contribution in [0.25, 0.3) is 33.2 Å². The van der Waals surface area contributed by atoms with Gasteiger partial charge in [-0.15, -0.1) is 0 Å². The number of fused-ring (bicyclic) bond motifs is 2. The Hall–Kier alpha value is -3.28. The lowest BCUT2D eigenvalue weighted by Gasteiger charge is -2.28. The van der Waals surface area contributed by atoms with E-state index in [1.165, 1.54) is 32.1 Å². The number of carbonyl (C=O) groups is 1. The van der Waals surface area contributed by atoms with Gasteiger partial charge in [0.1, 0.15) is 17.9 Å². The summed E-state index contributed by atoms with van der Waals surface area (Å²) in [6.07, 6.45) is 10.1. The maximum absolute atomic E-state index is 12.9. The van der Waals surface area contributed by atoms with Gasteiger partial charge < -0.3 is 19.6 Å². The lowest BCUT2D eigenvalue weighted by Crippen LogP contribution is -2.40. The second-order valence-corrected chi connectivity index (χ2v) is 8.93. The van der Waals surface area contributed by atoms with E-state index in [4.69, 9.17) is 4.74 Å². The quantitative estimate of drug-likeness (QED) is 0.437. The van der Waals surface area contributed by atoms with Gasteiger partial charge in [-0.05, 0) is 62.1 Å². The van der Waals surface area contributed by atoms with Crippen molar-refractivity contribution in [3.05, 3.63) is 48.8 Å². The van der Waals surface area contributed by atoms with Gasteiger partial charge in [-0.2, -0.15) is 0 Å². The first-order chi connectivity index (χ1) is 15.6. The minimum atomic E-state index is 0.0562. The molecular formula is C26H30N4O2. The zero-order valence-electron chi connectivity index (χ0n) is 18.7. The first-order valence-corrected chi connectivity index (χ1v) is 11.5. The molecule has 0 bridgehead atoms. The fraction of sp³-hybridized carbons (Fsp3) is 0.385. The van der Waals surface area contributed by atoms with E-state index in [2.05, 4.69) is 34.5 Å². The fourth-order valence-corrected chi connectivity index (χ4v) is 5.06. The van der Waals surface area contributed by atoms with Crippen LogP contribution >= 0.6 is 0 Å². The number of hydrogen-bond acceptors (Lipinski definition) is 3. The largest absolute Gasteiger partial charge is 0.497 e. The molecule has 32 heavy (non-hydrogen) atoms. The standard InChI is InChI=1S/C26H30N4O2/c1-17(18-7-4-3-5-8-18)28-25(31)16-30-15-22(21-14-20(32-2)10-11-24(21)30)23-13-19-9-6-12-27-26(19)29-23/h6,9-15,17-18H,3-5,7-8,16H2,1-2H3,(H,27,29)(H,28,31). The minimum absolute atomic E-state index is 0.0562. The highest BCUT2D eigenvalue weighted by molar-refractivity contribution is 5.99. The van der Waals surface area contributed by atoms with Crippen molar-refractivity contribution in [1.82, 2.24) is 19.9 Å². The second-order valence-electron chi connectivity index (χ2n) is 8.93. The van der Waals surface area contributed by atoms with Crippen molar-refractivity contribution in [2.24, 2.45) is 5.92 Å². The van der Waals surface area contributed by atoms with Crippen molar-refractivity contribution in [2.75, 3.05) is 7.11 Å². The van der Waals surface area contributed by atoms with Crippen molar-refractivity contribution in [3.8, 4) is 17.0 Å². The molecule has 0 spiro atoms. The number of ether oxygens (including phenoxy) is 1. The van der Waals surface area contributed by atoms with Crippen molar-refractivity contribution in [3.63, 3.8) is 0 Å². The molecule has 1 aliphatic carbocycles. The summed E-state index contributed by atoms with van der Waals surface area (Å²) in [5.41, 5.74) is 3.87. The summed E-state index contributed by atoms with van der Waals surface area (Å²) in [4.78, 5) is 20.8. The SMILES string of the molecule is COc1ccc2c(c1)c(-c1cc3cccnc3[nH]1)cn2CC(=O)NC(C)C1CCCCC1. The Labute approximate surface area is 188 Å². The number of hydrogen-bond donors (Lipinski definition) is 2. The zero-order chi connectivity index (χ0) is 22.1. The summed E-state index contributed by atoms with van der Waals surface area (Å²) in [7, 11) is 1.67. The molecule has 4 aromatic rings. The molecule has 6 nitrogen and oxygen atoms in total. The predicted octanol–water partition coefficient (Wildman–Crippen LogP) is 5.28. The van der Waals surface area contributed by atoms with E-state index in [0.717, 1.165) is 38.9 Å². The van der Waals surface area contributed by atoms with Crippen LogP contribution in [0.5, 0.6) is 5.75 Å².